The van der Waals surface area contributed by atoms with Crippen LogP contribution in [0.5, 0.6) is 0 Å². The van der Waals surface area contributed by atoms with Crippen LogP contribution in [0.4, 0.5) is 10.5 Å². The highest BCUT2D eigenvalue weighted by Gasteiger charge is 2.13. The Labute approximate surface area is 129 Å². The molecule has 2 aromatic carbocycles. The van der Waals surface area contributed by atoms with Crippen LogP contribution in [0.15, 0.2) is 54.6 Å². The van der Waals surface area contributed by atoms with Gasteiger partial charge in [-0.1, -0.05) is 42.5 Å². The summed E-state index contributed by atoms with van der Waals surface area (Å²) in [5.74, 6) is 0. The van der Waals surface area contributed by atoms with Gasteiger partial charge in [0.25, 0.3) is 0 Å². The van der Waals surface area contributed by atoms with Crippen molar-refractivity contribution in [3.05, 3.63) is 65.7 Å². The summed E-state index contributed by atoms with van der Waals surface area (Å²) in [5, 5.41) is 15.0. The van der Waals surface area contributed by atoms with E-state index in [1.165, 1.54) is 0 Å². The third-order valence-corrected chi connectivity index (χ3v) is 3.19. The normalized spacial score (nSPS) is 11.7. The number of benzene rings is 2. The number of methoxy groups -OCH3 is 1. The summed E-state index contributed by atoms with van der Waals surface area (Å²) in [6.07, 6.45) is 0. The molecule has 2 aromatic rings. The fourth-order valence-electron chi connectivity index (χ4n) is 2.15. The second-order valence-corrected chi connectivity index (χ2v) is 4.88. The van der Waals surface area contributed by atoms with Crippen molar-refractivity contribution in [1.82, 2.24) is 5.32 Å². The van der Waals surface area contributed by atoms with Gasteiger partial charge in [0.2, 0.25) is 0 Å². The largest absolute Gasteiger partial charge is 0.394 e. The first-order chi connectivity index (χ1) is 10.7. The molecule has 2 rings (SSSR count). The Morgan fingerprint density at radius 2 is 1.95 bits per heavy atom. The van der Waals surface area contributed by atoms with E-state index >= 15 is 0 Å². The Hall–Kier alpha value is -2.37. The summed E-state index contributed by atoms with van der Waals surface area (Å²) in [6.45, 7) is 0.321. The fraction of sp³-hybridized carbons (Fsp3) is 0.235. The van der Waals surface area contributed by atoms with Crippen molar-refractivity contribution in [3.63, 3.8) is 0 Å². The van der Waals surface area contributed by atoms with Gasteiger partial charge in [0, 0.05) is 12.8 Å². The highest BCUT2D eigenvalue weighted by molar-refractivity contribution is 5.89. The molecule has 0 unspecified atom stereocenters. The van der Waals surface area contributed by atoms with Crippen LogP contribution < -0.4 is 10.6 Å². The van der Waals surface area contributed by atoms with E-state index in [-0.39, 0.29) is 12.6 Å². The van der Waals surface area contributed by atoms with Crippen molar-refractivity contribution >= 4 is 11.7 Å². The van der Waals surface area contributed by atoms with E-state index in [0.717, 1.165) is 11.1 Å². The summed E-state index contributed by atoms with van der Waals surface area (Å²) in [7, 11) is 1.62. The van der Waals surface area contributed by atoms with Crippen molar-refractivity contribution in [2.24, 2.45) is 0 Å². The predicted molar refractivity (Wildman–Crippen MR) is 85.6 cm³/mol. The molecule has 22 heavy (non-hydrogen) atoms. The Balaban J connectivity index is 1.98. The first-order valence-corrected chi connectivity index (χ1v) is 7.04. The maximum atomic E-state index is 12.1. The lowest BCUT2D eigenvalue weighted by Crippen LogP contribution is -2.34. The lowest BCUT2D eigenvalue weighted by molar-refractivity contribution is 0.185. The number of nitrogens with one attached hydrogen (secondary N) is 2. The van der Waals surface area contributed by atoms with Crippen LogP contribution in [0.2, 0.25) is 0 Å². The maximum Gasteiger partial charge on any atom is 0.319 e. The molecule has 0 heterocycles. The summed E-state index contributed by atoms with van der Waals surface area (Å²) in [4.78, 5) is 12.1. The lowest BCUT2D eigenvalue weighted by atomic mass is 10.1. The first-order valence-electron chi connectivity index (χ1n) is 7.04. The SMILES string of the molecule is COCc1cccc(NC(=O)N[C@H](CO)c2ccccc2)c1. The lowest BCUT2D eigenvalue weighted by Gasteiger charge is -2.17. The molecule has 5 nitrogen and oxygen atoms in total. The topological polar surface area (TPSA) is 70.6 Å². The van der Waals surface area contributed by atoms with E-state index < -0.39 is 6.04 Å². The molecular weight excluding hydrogens is 280 g/mol. The Morgan fingerprint density at radius 1 is 1.18 bits per heavy atom. The van der Waals surface area contributed by atoms with Crippen molar-refractivity contribution < 1.29 is 14.6 Å². The second-order valence-electron chi connectivity index (χ2n) is 4.88. The van der Waals surface area contributed by atoms with E-state index in [0.29, 0.717) is 12.3 Å². The van der Waals surface area contributed by atoms with E-state index in [2.05, 4.69) is 10.6 Å². The zero-order valence-corrected chi connectivity index (χ0v) is 12.5. The molecule has 0 saturated heterocycles. The smallest absolute Gasteiger partial charge is 0.319 e. The van der Waals surface area contributed by atoms with Crippen LogP contribution in [-0.4, -0.2) is 24.9 Å². The molecular formula is C17H20N2O3. The molecule has 0 aromatic heterocycles. The minimum absolute atomic E-state index is 0.166. The predicted octanol–water partition coefficient (Wildman–Crippen LogP) is 2.69. The minimum atomic E-state index is -0.441. The third-order valence-electron chi connectivity index (χ3n) is 3.19. The van der Waals surface area contributed by atoms with Gasteiger partial charge in [0.1, 0.15) is 0 Å². The van der Waals surface area contributed by atoms with Crippen molar-refractivity contribution in [2.45, 2.75) is 12.6 Å². The van der Waals surface area contributed by atoms with E-state index in [1.807, 2.05) is 48.5 Å². The van der Waals surface area contributed by atoms with Gasteiger partial charge in [-0.15, -0.1) is 0 Å². The number of rotatable bonds is 6. The number of aliphatic hydroxyl groups excluding tert-OH is 1. The van der Waals surface area contributed by atoms with Crippen molar-refractivity contribution in [3.8, 4) is 0 Å². The van der Waals surface area contributed by atoms with E-state index in [4.69, 9.17) is 4.74 Å². The van der Waals surface area contributed by atoms with Gasteiger partial charge in [0.05, 0.1) is 19.3 Å². The van der Waals surface area contributed by atoms with Crippen LogP contribution in [0, 0.1) is 0 Å². The molecule has 3 N–H and O–H groups in total. The number of hydrogen-bond acceptors (Lipinski definition) is 3. The van der Waals surface area contributed by atoms with Crippen LogP contribution in [0.3, 0.4) is 0 Å². The quantitative estimate of drug-likeness (QED) is 0.768. The summed E-state index contributed by atoms with van der Waals surface area (Å²) < 4.78 is 5.07. The molecule has 0 bridgehead atoms. The number of aliphatic hydroxyl groups is 1. The number of carbonyl (C=O) groups excluding carboxylic acids is 1. The summed E-state index contributed by atoms with van der Waals surface area (Å²) in [6, 6.07) is 16.0. The molecule has 0 spiro atoms. The number of amides is 2. The van der Waals surface area contributed by atoms with Gasteiger partial charge in [-0.05, 0) is 23.3 Å². The first kappa shape index (κ1) is 16.0. The highest BCUT2D eigenvalue weighted by Crippen LogP contribution is 2.14. The number of hydrogen-bond donors (Lipinski definition) is 3. The molecule has 0 aliphatic heterocycles. The summed E-state index contributed by atoms with van der Waals surface area (Å²) >= 11 is 0. The number of urea groups is 1. The Kier molecular flexibility index (Phi) is 5.94. The minimum Gasteiger partial charge on any atom is -0.394 e. The molecule has 5 heteroatoms. The molecule has 0 radical (unpaired) electrons. The van der Waals surface area contributed by atoms with Gasteiger partial charge in [-0.3, -0.25) is 0 Å². The molecule has 1 atom stereocenters. The van der Waals surface area contributed by atoms with Gasteiger partial charge in [-0.2, -0.15) is 0 Å². The average Bonchev–Trinajstić information content (AvgIpc) is 2.54. The Morgan fingerprint density at radius 3 is 2.64 bits per heavy atom. The van der Waals surface area contributed by atoms with Crippen LogP contribution >= 0.6 is 0 Å². The average molecular weight is 300 g/mol. The second kappa shape index (κ2) is 8.17. The molecule has 0 saturated carbocycles. The monoisotopic (exact) mass is 300 g/mol. The number of anilines is 1. The van der Waals surface area contributed by atoms with Gasteiger partial charge in [0.15, 0.2) is 0 Å². The van der Waals surface area contributed by atoms with Crippen molar-refractivity contribution in [2.75, 3.05) is 19.0 Å². The zero-order valence-electron chi connectivity index (χ0n) is 12.5. The molecule has 0 aliphatic rings. The number of carbonyl (C=O) groups is 1. The van der Waals surface area contributed by atoms with Crippen LogP contribution in [-0.2, 0) is 11.3 Å². The highest BCUT2D eigenvalue weighted by atomic mass is 16.5. The van der Waals surface area contributed by atoms with Gasteiger partial charge >= 0.3 is 6.03 Å². The summed E-state index contributed by atoms with van der Waals surface area (Å²) in [5.41, 5.74) is 2.51. The number of ether oxygens (including phenoxy) is 1. The molecule has 116 valence electrons. The van der Waals surface area contributed by atoms with Crippen molar-refractivity contribution in [1.29, 1.82) is 0 Å². The fourth-order valence-corrected chi connectivity index (χ4v) is 2.15. The molecule has 2 amide bonds. The van der Waals surface area contributed by atoms with E-state index in [1.54, 1.807) is 13.2 Å². The van der Waals surface area contributed by atoms with Crippen LogP contribution in [0.25, 0.3) is 0 Å². The van der Waals surface area contributed by atoms with Crippen LogP contribution in [0.1, 0.15) is 17.2 Å². The van der Waals surface area contributed by atoms with E-state index in [9.17, 15) is 9.90 Å². The third kappa shape index (κ3) is 4.58. The van der Waals surface area contributed by atoms with Gasteiger partial charge < -0.3 is 20.5 Å². The van der Waals surface area contributed by atoms with Gasteiger partial charge in [-0.25, -0.2) is 4.79 Å². The molecule has 0 aliphatic carbocycles. The molecule has 0 fully saturated rings. The zero-order chi connectivity index (χ0) is 15.8. The Bertz CT molecular complexity index is 602. The maximum absolute atomic E-state index is 12.1. The standard InChI is InChI=1S/C17H20N2O3/c1-22-12-13-6-5-9-15(10-13)18-17(21)19-16(11-20)14-7-3-2-4-8-14/h2-10,16,20H,11-12H2,1H3,(H2,18,19,21)/t16-/m1/s1.